The number of nitrogens with zero attached hydrogens (tertiary/aromatic N) is 2. The van der Waals surface area contributed by atoms with Crippen molar-refractivity contribution < 1.29 is 33.3 Å². The van der Waals surface area contributed by atoms with E-state index in [0.29, 0.717) is 17.9 Å². The van der Waals surface area contributed by atoms with E-state index in [1.165, 1.54) is 0 Å². The Balaban J connectivity index is 1.29. The van der Waals surface area contributed by atoms with Gasteiger partial charge in [0.25, 0.3) is 5.91 Å². The van der Waals surface area contributed by atoms with E-state index in [0.717, 1.165) is 66.4 Å². The summed E-state index contributed by atoms with van der Waals surface area (Å²) in [5.74, 6) is 2.54. The Morgan fingerprint density at radius 2 is 1.26 bits per heavy atom. The van der Waals surface area contributed by atoms with Crippen molar-refractivity contribution in [3.05, 3.63) is 112 Å². The van der Waals surface area contributed by atoms with Crippen LogP contribution in [0.5, 0.6) is 28.7 Å². The maximum atomic E-state index is 13.9. The van der Waals surface area contributed by atoms with Crippen molar-refractivity contribution in [1.29, 1.82) is 0 Å². The summed E-state index contributed by atoms with van der Waals surface area (Å²) in [6.45, 7) is 4.23. The first kappa shape index (κ1) is 34.9. The lowest BCUT2D eigenvalue weighted by atomic mass is 9.84. The van der Waals surface area contributed by atoms with Crippen molar-refractivity contribution in [2.75, 3.05) is 47.5 Å². The number of piperidine rings is 1. The van der Waals surface area contributed by atoms with Crippen molar-refractivity contribution in [2.24, 2.45) is 10.6 Å². The highest BCUT2D eigenvalue weighted by atomic mass is 35.5. The lowest BCUT2D eigenvalue weighted by Crippen LogP contribution is -2.40. The fourth-order valence-corrected chi connectivity index (χ4v) is 6.54. The molecule has 0 unspecified atom stereocenters. The largest absolute Gasteiger partial charge is 0.497 e. The Kier molecular flexibility index (Phi) is 11.3. The van der Waals surface area contributed by atoms with Crippen molar-refractivity contribution in [3.63, 3.8) is 0 Å². The molecule has 2 heterocycles. The van der Waals surface area contributed by atoms with Crippen LogP contribution in [0.15, 0.2) is 90.1 Å². The van der Waals surface area contributed by atoms with Gasteiger partial charge in [-0.05, 0) is 91.2 Å². The molecule has 2 bridgehead atoms. The van der Waals surface area contributed by atoms with Gasteiger partial charge in [-0.3, -0.25) is 4.79 Å². The number of carbonyl (C=O) groups is 1. The monoisotopic (exact) mass is 699 g/mol. The smallest absolute Gasteiger partial charge is 0.274 e. The zero-order valence-electron chi connectivity index (χ0n) is 28.6. The minimum Gasteiger partial charge on any atom is -0.497 e. The lowest BCUT2D eigenvalue weighted by molar-refractivity contribution is -0.115. The van der Waals surface area contributed by atoms with Gasteiger partial charge in [-0.2, -0.15) is 0 Å². The van der Waals surface area contributed by atoms with Gasteiger partial charge in [0, 0.05) is 24.1 Å². The van der Waals surface area contributed by atoms with Crippen molar-refractivity contribution in [1.82, 2.24) is 10.2 Å². The van der Waals surface area contributed by atoms with Crippen molar-refractivity contribution in [2.45, 2.75) is 32.7 Å². The first-order chi connectivity index (χ1) is 24.4. The summed E-state index contributed by atoms with van der Waals surface area (Å²) in [5.41, 5.74) is 3.16. The molecule has 1 amide bonds. The van der Waals surface area contributed by atoms with Crippen molar-refractivity contribution >= 4 is 23.2 Å². The Morgan fingerprint density at radius 1 is 0.740 bits per heavy atom. The van der Waals surface area contributed by atoms with Crippen LogP contribution in [-0.2, 0) is 29.5 Å². The van der Waals surface area contributed by atoms with Crippen LogP contribution in [-0.4, -0.2) is 64.0 Å². The Bertz CT molecular complexity index is 1770. The standard InChI is InChI=1S/C39H42ClN3O7/c1-45-30-10-4-27(5-11-30)22-48-34-17-16-33(35(40)37(34)49-23-28-6-12-31(46-2)13-7-28)36(42-50-24-29-8-14-32(47-3)15-9-29)38(44)41-25-39-18-20-43(26-39)21-19-39/h4-17H,18-26H2,1-3H3,(H,41,44)/b42-36+. The SMILES string of the molecule is COc1ccc(CO/N=C(/C(=O)NCC23CCN(CC2)C3)c2ccc(OCc3ccc(OC)cc3)c(OCc3ccc(OC)cc3)c2Cl)cc1. The molecule has 6 rings (SSSR count). The molecule has 2 fully saturated rings. The summed E-state index contributed by atoms with van der Waals surface area (Å²) in [5, 5.41) is 7.70. The van der Waals surface area contributed by atoms with Gasteiger partial charge in [-0.25, -0.2) is 0 Å². The highest BCUT2D eigenvalue weighted by molar-refractivity contribution is 6.49. The van der Waals surface area contributed by atoms with Crippen LogP contribution < -0.4 is 29.0 Å². The number of amides is 1. The number of carbonyl (C=O) groups excluding carboxylic acids is 1. The van der Waals surface area contributed by atoms with Crippen LogP contribution in [0.2, 0.25) is 5.02 Å². The molecule has 2 aliphatic rings. The molecule has 11 heteroatoms. The van der Waals surface area contributed by atoms with Crippen LogP contribution in [0.4, 0.5) is 0 Å². The summed E-state index contributed by atoms with van der Waals surface area (Å²) >= 11 is 7.13. The number of methoxy groups -OCH3 is 3. The number of rotatable bonds is 16. The maximum absolute atomic E-state index is 13.9. The third-order valence-corrected chi connectivity index (χ3v) is 9.65. The lowest BCUT2D eigenvalue weighted by Gasteiger charge is -2.25. The number of oxime groups is 1. The quantitative estimate of drug-likeness (QED) is 0.102. The Hall–Kier alpha value is -4.93. The van der Waals surface area contributed by atoms with Gasteiger partial charge < -0.3 is 38.7 Å². The van der Waals surface area contributed by atoms with Gasteiger partial charge in [-0.15, -0.1) is 0 Å². The average Bonchev–Trinajstić information content (AvgIpc) is 3.77. The Labute approximate surface area is 297 Å². The van der Waals surface area contributed by atoms with E-state index < -0.39 is 0 Å². The second-order valence-electron chi connectivity index (χ2n) is 12.5. The molecule has 0 aliphatic carbocycles. The third-order valence-electron chi connectivity index (χ3n) is 9.27. The van der Waals surface area contributed by atoms with Crippen LogP contribution in [0.3, 0.4) is 0 Å². The third kappa shape index (κ3) is 8.43. The minimum absolute atomic E-state index is 0.0452. The predicted molar refractivity (Wildman–Crippen MR) is 192 cm³/mol. The van der Waals surface area contributed by atoms with Gasteiger partial charge >= 0.3 is 0 Å². The first-order valence-electron chi connectivity index (χ1n) is 16.6. The molecule has 0 saturated carbocycles. The summed E-state index contributed by atoms with van der Waals surface area (Å²) in [6, 6.07) is 26.0. The molecule has 10 nitrogen and oxygen atoms in total. The number of halogens is 1. The minimum atomic E-state index is -0.380. The van der Waals surface area contributed by atoms with E-state index in [-0.39, 0.29) is 47.6 Å². The number of benzene rings is 4. The zero-order valence-corrected chi connectivity index (χ0v) is 29.3. The molecule has 4 aromatic rings. The summed E-state index contributed by atoms with van der Waals surface area (Å²) in [4.78, 5) is 22.2. The van der Waals surface area contributed by atoms with E-state index in [2.05, 4.69) is 15.4 Å². The molecule has 0 atom stereocenters. The van der Waals surface area contributed by atoms with E-state index in [1.54, 1.807) is 33.5 Å². The second-order valence-corrected chi connectivity index (χ2v) is 12.9. The molecule has 0 spiro atoms. The van der Waals surface area contributed by atoms with E-state index in [4.69, 9.17) is 40.1 Å². The van der Waals surface area contributed by atoms with Gasteiger partial charge in [0.15, 0.2) is 17.2 Å². The van der Waals surface area contributed by atoms with E-state index in [9.17, 15) is 4.79 Å². The fraction of sp³-hybridized carbons (Fsp3) is 0.333. The average molecular weight is 700 g/mol. The Morgan fingerprint density at radius 3 is 1.76 bits per heavy atom. The summed E-state index contributed by atoms with van der Waals surface area (Å²) in [7, 11) is 4.86. The molecule has 0 aromatic heterocycles. The summed E-state index contributed by atoms with van der Waals surface area (Å²) < 4.78 is 28.4. The number of hydrogen-bond acceptors (Lipinski definition) is 9. The van der Waals surface area contributed by atoms with Crippen LogP contribution in [0.1, 0.15) is 35.1 Å². The van der Waals surface area contributed by atoms with Gasteiger partial charge in [0.05, 0.1) is 26.4 Å². The molecule has 2 aliphatic heterocycles. The molecule has 50 heavy (non-hydrogen) atoms. The van der Waals surface area contributed by atoms with Crippen molar-refractivity contribution in [3.8, 4) is 28.7 Å². The first-order valence-corrected chi connectivity index (χ1v) is 16.9. The maximum Gasteiger partial charge on any atom is 0.274 e. The highest BCUT2D eigenvalue weighted by Crippen LogP contribution is 2.41. The van der Waals surface area contributed by atoms with Crippen LogP contribution >= 0.6 is 11.6 Å². The predicted octanol–water partition coefficient (Wildman–Crippen LogP) is 6.66. The zero-order chi connectivity index (χ0) is 34.9. The van der Waals surface area contributed by atoms with Gasteiger partial charge in [0.2, 0.25) is 0 Å². The van der Waals surface area contributed by atoms with Gasteiger partial charge in [0.1, 0.15) is 37.1 Å². The number of nitrogens with one attached hydrogen (secondary N) is 1. The number of ether oxygens (including phenoxy) is 5. The van der Waals surface area contributed by atoms with Crippen LogP contribution in [0.25, 0.3) is 0 Å². The van der Waals surface area contributed by atoms with Crippen LogP contribution in [0, 0.1) is 5.41 Å². The normalized spacial score (nSPS) is 18.0. The van der Waals surface area contributed by atoms with E-state index >= 15 is 0 Å². The topological polar surface area (TPSA) is 100 Å². The summed E-state index contributed by atoms with van der Waals surface area (Å²) in [6.07, 6.45) is 2.11. The molecule has 0 radical (unpaired) electrons. The molecule has 4 aromatic carbocycles. The highest BCUT2D eigenvalue weighted by Gasteiger charge is 2.43. The molecule has 262 valence electrons. The number of hydrogen-bond donors (Lipinski definition) is 1. The molecular formula is C39H42ClN3O7. The second kappa shape index (κ2) is 16.2. The molecular weight excluding hydrogens is 658 g/mol. The molecule has 2 saturated heterocycles. The van der Waals surface area contributed by atoms with E-state index in [1.807, 2.05) is 72.8 Å². The number of fused-ring (bicyclic) bond motifs is 2. The molecule has 1 N–H and O–H groups in total. The fourth-order valence-electron chi connectivity index (χ4n) is 6.24. The van der Waals surface area contributed by atoms with Gasteiger partial charge in [-0.1, -0.05) is 53.2 Å².